The SMILES string of the molecule is COCCCOCc1cc(OC)ccc1C#CCCO. The van der Waals surface area contributed by atoms with E-state index in [-0.39, 0.29) is 6.61 Å². The number of benzene rings is 1. The highest BCUT2D eigenvalue weighted by molar-refractivity contribution is 5.45. The first-order chi connectivity index (χ1) is 9.81. The molecule has 20 heavy (non-hydrogen) atoms. The van der Waals surface area contributed by atoms with E-state index in [1.54, 1.807) is 14.2 Å². The predicted molar refractivity (Wildman–Crippen MR) is 77.7 cm³/mol. The number of aliphatic hydroxyl groups excluding tert-OH is 1. The summed E-state index contributed by atoms with van der Waals surface area (Å²) in [6.45, 7) is 1.91. The van der Waals surface area contributed by atoms with Gasteiger partial charge in [-0.2, -0.15) is 0 Å². The van der Waals surface area contributed by atoms with Crippen LogP contribution in [0.4, 0.5) is 0 Å². The number of ether oxygens (including phenoxy) is 3. The third kappa shape index (κ3) is 6.07. The normalized spacial score (nSPS) is 9.95. The first kappa shape index (κ1) is 16.5. The van der Waals surface area contributed by atoms with Crippen LogP contribution >= 0.6 is 0 Å². The quantitative estimate of drug-likeness (QED) is 0.583. The Morgan fingerprint density at radius 2 is 2.05 bits per heavy atom. The lowest BCUT2D eigenvalue weighted by Gasteiger charge is -2.08. The molecule has 1 rings (SSSR count). The predicted octanol–water partition coefficient (Wildman–Crippen LogP) is 1.98. The first-order valence-corrected chi connectivity index (χ1v) is 6.65. The molecule has 0 aromatic heterocycles. The molecule has 1 aromatic rings. The summed E-state index contributed by atoms with van der Waals surface area (Å²) < 4.78 is 15.8. The largest absolute Gasteiger partial charge is 0.497 e. The van der Waals surface area contributed by atoms with E-state index in [2.05, 4.69) is 11.8 Å². The average Bonchev–Trinajstić information content (AvgIpc) is 2.48. The number of hydrogen-bond acceptors (Lipinski definition) is 4. The molecule has 4 nitrogen and oxygen atoms in total. The fourth-order valence-corrected chi connectivity index (χ4v) is 1.64. The van der Waals surface area contributed by atoms with Crippen molar-refractivity contribution in [3.63, 3.8) is 0 Å². The molecule has 0 spiro atoms. The minimum Gasteiger partial charge on any atom is -0.497 e. The Labute approximate surface area is 120 Å². The van der Waals surface area contributed by atoms with Gasteiger partial charge in [-0.3, -0.25) is 0 Å². The summed E-state index contributed by atoms with van der Waals surface area (Å²) in [5, 5.41) is 8.76. The monoisotopic (exact) mass is 278 g/mol. The molecule has 0 radical (unpaired) electrons. The van der Waals surface area contributed by atoms with Gasteiger partial charge in [-0.1, -0.05) is 11.8 Å². The van der Waals surface area contributed by atoms with E-state index in [9.17, 15) is 0 Å². The molecule has 0 heterocycles. The van der Waals surface area contributed by atoms with Crippen LogP contribution in [-0.2, 0) is 16.1 Å². The number of hydrogen-bond donors (Lipinski definition) is 1. The molecule has 0 aliphatic carbocycles. The zero-order chi connectivity index (χ0) is 14.6. The van der Waals surface area contributed by atoms with Gasteiger partial charge >= 0.3 is 0 Å². The summed E-state index contributed by atoms with van der Waals surface area (Å²) in [4.78, 5) is 0. The van der Waals surface area contributed by atoms with Crippen molar-refractivity contribution in [2.24, 2.45) is 0 Å². The van der Waals surface area contributed by atoms with Gasteiger partial charge in [-0.25, -0.2) is 0 Å². The van der Waals surface area contributed by atoms with Gasteiger partial charge in [0.05, 0.1) is 20.3 Å². The number of methoxy groups -OCH3 is 2. The lowest BCUT2D eigenvalue weighted by Crippen LogP contribution is -2.01. The van der Waals surface area contributed by atoms with Crippen molar-refractivity contribution in [3.8, 4) is 17.6 Å². The molecule has 0 aliphatic rings. The summed E-state index contributed by atoms with van der Waals surface area (Å²) >= 11 is 0. The number of rotatable bonds is 8. The lowest BCUT2D eigenvalue weighted by molar-refractivity contribution is 0.0926. The van der Waals surface area contributed by atoms with Gasteiger partial charge in [-0.15, -0.1) is 0 Å². The van der Waals surface area contributed by atoms with E-state index in [0.717, 1.165) is 23.3 Å². The van der Waals surface area contributed by atoms with Crippen molar-refractivity contribution < 1.29 is 19.3 Å². The molecule has 0 unspecified atom stereocenters. The highest BCUT2D eigenvalue weighted by Crippen LogP contribution is 2.18. The molecule has 0 fully saturated rings. The Bertz CT molecular complexity index is 446. The van der Waals surface area contributed by atoms with Gasteiger partial charge < -0.3 is 19.3 Å². The summed E-state index contributed by atoms with van der Waals surface area (Å²) in [6.07, 6.45) is 1.34. The topological polar surface area (TPSA) is 47.9 Å². The molecule has 0 saturated carbocycles. The smallest absolute Gasteiger partial charge is 0.119 e. The van der Waals surface area contributed by atoms with Crippen LogP contribution in [0.1, 0.15) is 24.0 Å². The van der Waals surface area contributed by atoms with Gasteiger partial charge in [0.2, 0.25) is 0 Å². The maximum atomic E-state index is 8.76. The average molecular weight is 278 g/mol. The third-order valence-electron chi connectivity index (χ3n) is 2.67. The summed E-state index contributed by atoms with van der Waals surface area (Å²) in [6, 6.07) is 5.72. The first-order valence-electron chi connectivity index (χ1n) is 6.65. The summed E-state index contributed by atoms with van der Waals surface area (Å²) in [5.41, 5.74) is 1.90. The van der Waals surface area contributed by atoms with Gasteiger partial charge in [-0.05, 0) is 30.2 Å². The minimum atomic E-state index is 0.0754. The van der Waals surface area contributed by atoms with Crippen LogP contribution in [0.3, 0.4) is 0 Å². The van der Waals surface area contributed by atoms with E-state index in [4.69, 9.17) is 19.3 Å². The Hall–Kier alpha value is -1.54. The summed E-state index contributed by atoms with van der Waals surface area (Å²) in [5.74, 6) is 6.76. The van der Waals surface area contributed by atoms with Crippen molar-refractivity contribution >= 4 is 0 Å². The van der Waals surface area contributed by atoms with Crippen LogP contribution in [0.15, 0.2) is 18.2 Å². The number of aliphatic hydroxyl groups is 1. The van der Waals surface area contributed by atoms with E-state index in [1.165, 1.54) is 0 Å². The molecule has 0 atom stereocenters. The Balaban J connectivity index is 2.66. The second kappa shape index (κ2) is 10.3. The zero-order valence-electron chi connectivity index (χ0n) is 12.1. The molecular weight excluding hydrogens is 256 g/mol. The van der Waals surface area contributed by atoms with E-state index in [1.807, 2.05) is 18.2 Å². The Morgan fingerprint density at radius 1 is 1.20 bits per heavy atom. The maximum Gasteiger partial charge on any atom is 0.119 e. The van der Waals surface area contributed by atoms with Gasteiger partial charge in [0, 0.05) is 32.3 Å². The van der Waals surface area contributed by atoms with Gasteiger partial charge in [0.15, 0.2) is 0 Å². The maximum absolute atomic E-state index is 8.76. The van der Waals surface area contributed by atoms with Crippen molar-refractivity contribution in [2.75, 3.05) is 34.0 Å². The van der Waals surface area contributed by atoms with Crippen LogP contribution in [-0.4, -0.2) is 39.1 Å². The van der Waals surface area contributed by atoms with Crippen molar-refractivity contribution in [3.05, 3.63) is 29.3 Å². The zero-order valence-corrected chi connectivity index (χ0v) is 12.1. The molecule has 0 amide bonds. The minimum absolute atomic E-state index is 0.0754. The van der Waals surface area contributed by atoms with E-state index < -0.39 is 0 Å². The Morgan fingerprint density at radius 3 is 2.75 bits per heavy atom. The van der Waals surface area contributed by atoms with Crippen LogP contribution in [0.5, 0.6) is 5.75 Å². The summed E-state index contributed by atoms with van der Waals surface area (Å²) in [7, 11) is 3.31. The van der Waals surface area contributed by atoms with Crippen molar-refractivity contribution in [2.45, 2.75) is 19.4 Å². The van der Waals surface area contributed by atoms with E-state index >= 15 is 0 Å². The fourth-order valence-electron chi connectivity index (χ4n) is 1.64. The standard InChI is InChI=1S/C16H22O4/c1-18-10-5-11-20-13-15-12-16(19-2)8-7-14(15)6-3-4-9-17/h7-8,12,17H,4-5,9-11,13H2,1-2H3. The molecule has 1 N–H and O–H groups in total. The van der Waals surface area contributed by atoms with Crippen LogP contribution in [0.25, 0.3) is 0 Å². The van der Waals surface area contributed by atoms with Gasteiger partial charge in [0.1, 0.15) is 5.75 Å². The molecule has 110 valence electrons. The van der Waals surface area contributed by atoms with Gasteiger partial charge in [0.25, 0.3) is 0 Å². The molecule has 0 bridgehead atoms. The van der Waals surface area contributed by atoms with E-state index in [0.29, 0.717) is 26.2 Å². The molecular formula is C16H22O4. The highest BCUT2D eigenvalue weighted by atomic mass is 16.5. The molecule has 1 aromatic carbocycles. The van der Waals surface area contributed by atoms with Crippen LogP contribution < -0.4 is 4.74 Å². The molecule has 0 saturated heterocycles. The molecule has 4 heteroatoms. The van der Waals surface area contributed by atoms with Crippen molar-refractivity contribution in [1.82, 2.24) is 0 Å². The lowest BCUT2D eigenvalue weighted by atomic mass is 10.1. The fraction of sp³-hybridized carbons (Fsp3) is 0.500. The van der Waals surface area contributed by atoms with Crippen molar-refractivity contribution in [1.29, 1.82) is 0 Å². The molecule has 0 aliphatic heterocycles. The van der Waals surface area contributed by atoms with Crippen LogP contribution in [0, 0.1) is 11.8 Å². The van der Waals surface area contributed by atoms with Crippen LogP contribution in [0.2, 0.25) is 0 Å². The Kier molecular flexibility index (Phi) is 8.48. The highest BCUT2D eigenvalue weighted by Gasteiger charge is 2.03. The second-order valence-electron chi connectivity index (χ2n) is 4.20. The third-order valence-corrected chi connectivity index (χ3v) is 2.67. The second-order valence-corrected chi connectivity index (χ2v) is 4.20.